The first-order valence-corrected chi connectivity index (χ1v) is 12.4. The summed E-state index contributed by atoms with van der Waals surface area (Å²) in [6.45, 7) is 9.31. The van der Waals surface area contributed by atoms with E-state index in [-0.39, 0.29) is 31.5 Å². The molecule has 1 rings (SSSR count). The van der Waals surface area contributed by atoms with E-state index in [1.165, 1.54) is 0 Å². The second-order valence-corrected chi connectivity index (χ2v) is 9.23. The summed E-state index contributed by atoms with van der Waals surface area (Å²) in [5, 5.41) is 11.6. The molecule has 1 aromatic rings. The van der Waals surface area contributed by atoms with Crippen molar-refractivity contribution >= 4 is 28.1 Å². The molecule has 0 unspecified atom stereocenters. The highest BCUT2D eigenvalue weighted by Crippen LogP contribution is 2.14. The summed E-state index contributed by atoms with van der Waals surface area (Å²) in [4.78, 5) is 37.0. The Morgan fingerprint density at radius 1 is 1.24 bits per heavy atom. The highest BCUT2D eigenvalue weighted by Gasteiger charge is 2.18. The average molecular weight is 490 g/mol. The van der Waals surface area contributed by atoms with E-state index in [1.54, 1.807) is 34.0 Å². The number of carboxylic acid groups (broad SMARTS) is 1. The first kappa shape index (κ1) is 30.3. The standard InChI is InChI=1S/C20H31N3O5.CH4O3S/c1-5-23(6-2)19(26)17-8-7-9-22(13-17)14-28-20(27)21-12-16(10-15(3)4)11-18(24)25;1-5(2,3)4/h7-9,13,15-16H,5-6,10-12,14H2,1-4H3,(H-,21,24,25,27);1H3,(H,2,3,4)/t16-;/m0./s1. The summed E-state index contributed by atoms with van der Waals surface area (Å²) < 4.78 is 34.0. The number of aliphatic carboxylic acids is 1. The van der Waals surface area contributed by atoms with Gasteiger partial charge in [0.1, 0.15) is 5.56 Å². The van der Waals surface area contributed by atoms with Crippen LogP contribution in [0, 0.1) is 11.8 Å². The van der Waals surface area contributed by atoms with Gasteiger partial charge in [0.25, 0.3) is 12.6 Å². The summed E-state index contributed by atoms with van der Waals surface area (Å²) in [5.74, 6) is -0.767. The number of carbonyl (C=O) groups is 3. The minimum Gasteiger partial charge on any atom is -0.748 e. The molecule has 0 aliphatic heterocycles. The van der Waals surface area contributed by atoms with Crippen LogP contribution in [0.1, 0.15) is 50.9 Å². The van der Waals surface area contributed by atoms with Crippen LogP contribution in [0.15, 0.2) is 24.5 Å². The smallest absolute Gasteiger partial charge is 0.412 e. The normalized spacial score (nSPS) is 11.7. The highest BCUT2D eigenvalue weighted by molar-refractivity contribution is 7.84. The number of alkyl carbamates (subject to hydrolysis) is 1. The number of hydrogen-bond acceptors (Lipinski definition) is 7. The fraction of sp³-hybridized carbons (Fsp3) is 0.619. The lowest BCUT2D eigenvalue weighted by Crippen LogP contribution is -2.40. The molecule has 0 aromatic carbocycles. The van der Waals surface area contributed by atoms with Gasteiger partial charge in [-0.25, -0.2) is 13.2 Å². The molecular weight excluding hydrogens is 454 g/mol. The summed E-state index contributed by atoms with van der Waals surface area (Å²) >= 11 is 0. The van der Waals surface area contributed by atoms with Crippen molar-refractivity contribution in [3.8, 4) is 0 Å². The Hall–Kier alpha value is -2.73. The lowest BCUT2D eigenvalue weighted by atomic mass is 9.94. The minimum absolute atomic E-state index is 0.00270. The van der Waals surface area contributed by atoms with Gasteiger partial charge in [-0.15, -0.1) is 0 Å². The second-order valence-electron chi connectivity index (χ2n) is 7.82. The summed E-state index contributed by atoms with van der Waals surface area (Å²) in [7, 11) is -3.92. The molecule has 0 spiro atoms. The van der Waals surface area contributed by atoms with Crippen LogP contribution in [0.4, 0.5) is 4.79 Å². The van der Waals surface area contributed by atoms with Crippen LogP contribution in [0.3, 0.4) is 0 Å². The van der Waals surface area contributed by atoms with Crippen molar-refractivity contribution in [2.45, 2.75) is 47.3 Å². The molecule has 1 atom stereocenters. The molecule has 33 heavy (non-hydrogen) atoms. The zero-order chi connectivity index (χ0) is 25.6. The van der Waals surface area contributed by atoms with Crippen LogP contribution < -0.4 is 9.88 Å². The quantitative estimate of drug-likeness (QED) is 0.349. The molecule has 188 valence electrons. The lowest BCUT2D eigenvalue weighted by molar-refractivity contribution is -0.727. The van der Waals surface area contributed by atoms with Gasteiger partial charge < -0.3 is 24.6 Å². The first-order valence-electron chi connectivity index (χ1n) is 10.6. The van der Waals surface area contributed by atoms with Crippen LogP contribution >= 0.6 is 0 Å². The Kier molecular flexibility index (Phi) is 13.9. The average Bonchev–Trinajstić information content (AvgIpc) is 2.69. The summed E-state index contributed by atoms with van der Waals surface area (Å²) in [6, 6.07) is 3.45. The van der Waals surface area contributed by atoms with Crippen LogP contribution in [0.5, 0.6) is 0 Å². The molecule has 0 fully saturated rings. The van der Waals surface area contributed by atoms with Crippen LogP contribution in [-0.2, 0) is 26.4 Å². The molecule has 2 amide bonds. The van der Waals surface area contributed by atoms with Crippen molar-refractivity contribution in [3.63, 3.8) is 0 Å². The van der Waals surface area contributed by atoms with E-state index in [4.69, 9.17) is 22.8 Å². The molecule has 0 bridgehead atoms. The third kappa shape index (κ3) is 15.7. The molecule has 1 aromatic heterocycles. The number of hydrogen-bond donors (Lipinski definition) is 2. The number of carboxylic acids is 1. The monoisotopic (exact) mass is 489 g/mol. The summed E-state index contributed by atoms with van der Waals surface area (Å²) in [6.07, 6.45) is 4.04. The number of carbonyl (C=O) groups excluding carboxylic acids is 2. The van der Waals surface area contributed by atoms with Crippen LogP contribution in [0.25, 0.3) is 0 Å². The van der Waals surface area contributed by atoms with Crippen molar-refractivity contribution < 1.29 is 41.8 Å². The van der Waals surface area contributed by atoms with Crippen molar-refractivity contribution in [2.24, 2.45) is 11.8 Å². The van der Waals surface area contributed by atoms with Gasteiger partial charge in [-0.3, -0.25) is 9.59 Å². The number of aromatic nitrogens is 1. The largest absolute Gasteiger partial charge is 0.748 e. The third-order valence-electron chi connectivity index (χ3n) is 4.30. The fourth-order valence-electron chi connectivity index (χ4n) is 2.99. The Morgan fingerprint density at radius 2 is 1.82 bits per heavy atom. The molecule has 1 heterocycles. The van der Waals surface area contributed by atoms with Gasteiger partial charge in [0.15, 0.2) is 12.4 Å². The molecule has 0 saturated carbocycles. The van der Waals surface area contributed by atoms with Gasteiger partial charge in [0.05, 0.1) is 10.1 Å². The Morgan fingerprint density at radius 3 is 2.30 bits per heavy atom. The zero-order valence-corrected chi connectivity index (χ0v) is 20.6. The van der Waals surface area contributed by atoms with Crippen molar-refractivity contribution in [1.29, 1.82) is 0 Å². The molecule has 12 heteroatoms. The molecule has 0 aliphatic carbocycles. The molecule has 11 nitrogen and oxygen atoms in total. The van der Waals surface area contributed by atoms with Gasteiger partial charge in [0, 0.05) is 38.4 Å². The highest BCUT2D eigenvalue weighted by atomic mass is 32.2. The number of nitrogens with one attached hydrogen (secondary N) is 1. The third-order valence-corrected chi connectivity index (χ3v) is 4.30. The maximum atomic E-state index is 12.4. The molecule has 0 saturated heterocycles. The Labute approximate surface area is 195 Å². The van der Waals surface area contributed by atoms with E-state index in [0.717, 1.165) is 0 Å². The second kappa shape index (κ2) is 15.2. The Balaban J connectivity index is 0.00000184. The first-order chi connectivity index (χ1) is 15.3. The van der Waals surface area contributed by atoms with E-state index >= 15 is 0 Å². The van der Waals surface area contributed by atoms with Gasteiger partial charge in [-0.1, -0.05) is 13.8 Å². The van der Waals surface area contributed by atoms with E-state index in [0.29, 0.717) is 37.2 Å². The van der Waals surface area contributed by atoms with E-state index in [2.05, 4.69) is 5.32 Å². The minimum atomic E-state index is -3.92. The number of nitrogens with zero attached hydrogens (tertiary/aromatic N) is 2. The van der Waals surface area contributed by atoms with E-state index < -0.39 is 22.2 Å². The zero-order valence-electron chi connectivity index (χ0n) is 19.8. The lowest BCUT2D eigenvalue weighted by Gasteiger charge is -2.18. The maximum Gasteiger partial charge on any atom is 0.412 e. The van der Waals surface area contributed by atoms with Crippen molar-refractivity contribution in [3.05, 3.63) is 30.1 Å². The Bertz CT molecular complexity index is 862. The number of amides is 2. The van der Waals surface area contributed by atoms with Crippen LogP contribution in [0.2, 0.25) is 0 Å². The number of rotatable bonds is 11. The molecular formula is C21H35N3O8S. The fourth-order valence-corrected chi connectivity index (χ4v) is 2.99. The summed E-state index contributed by atoms with van der Waals surface area (Å²) in [5.41, 5.74) is 0.522. The maximum absolute atomic E-state index is 12.4. The predicted molar refractivity (Wildman–Crippen MR) is 119 cm³/mol. The topological polar surface area (TPSA) is 157 Å². The molecule has 0 radical (unpaired) electrons. The van der Waals surface area contributed by atoms with E-state index in [9.17, 15) is 14.4 Å². The van der Waals surface area contributed by atoms with Crippen molar-refractivity contribution in [2.75, 3.05) is 25.9 Å². The van der Waals surface area contributed by atoms with E-state index in [1.807, 2.05) is 27.7 Å². The van der Waals surface area contributed by atoms with Crippen molar-refractivity contribution in [1.82, 2.24) is 10.2 Å². The number of ether oxygens (including phenoxy) is 1. The van der Waals surface area contributed by atoms with Gasteiger partial charge in [-0.05, 0) is 38.2 Å². The molecule has 2 N–H and O–H groups in total. The van der Waals surface area contributed by atoms with Gasteiger partial charge >= 0.3 is 12.1 Å². The SMILES string of the molecule is CCN(CC)C(=O)c1ccc[n+](COC(=O)NC[C@H](CC(=O)O)CC(C)C)c1.CS(=O)(=O)[O-]. The van der Waals surface area contributed by atoms with Gasteiger partial charge in [-0.2, -0.15) is 4.57 Å². The van der Waals surface area contributed by atoms with Crippen LogP contribution in [-0.4, -0.2) is 66.8 Å². The number of pyridine rings is 1. The molecule has 0 aliphatic rings. The predicted octanol–water partition coefficient (Wildman–Crippen LogP) is 1.44. The van der Waals surface area contributed by atoms with Gasteiger partial charge in [0.2, 0.25) is 0 Å².